The topological polar surface area (TPSA) is 71.0 Å². The van der Waals surface area contributed by atoms with Crippen LogP contribution in [0, 0.1) is 19.8 Å². The van der Waals surface area contributed by atoms with Gasteiger partial charge in [0, 0.05) is 42.0 Å². The van der Waals surface area contributed by atoms with E-state index in [0.717, 1.165) is 68.0 Å². The maximum atomic E-state index is 13.0. The Morgan fingerprint density at radius 1 is 1.00 bits per heavy atom. The van der Waals surface area contributed by atoms with Crippen LogP contribution in [-0.4, -0.2) is 38.8 Å². The van der Waals surface area contributed by atoms with E-state index in [0.29, 0.717) is 17.8 Å². The number of nitrogens with zero attached hydrogens (tertiary/aromatic N) is 4. The minimum atomic E-state index is 0.177. The predicted octanol–water partition coefficient (Wildman–Crippen LogP) is 5.07. The molecule has 0 saturated carbocycles. The van der Waals surface area contributed by atoms with Crippen LogP contribution in [0.3, 0.4) is 0 Å². The van der Waals surface area contributed by atoms with E-state index in [1.165, 1.54) is 11.1 Å². The van der Waals surface area contributed by atoms with Crippen LogP contribution >= 0.6 is 0 Å². The highest BCUT2D eigenvalue weighted by atomic mass is 16.2. The van der Waals surface area contributed by atoms with Gasteiger partial charge in [-0.05, 0) is 78.0 Å². The molecule has 1 atom stereocenters. The van der Waals surface area contributed by atoms with E-state index in [-0.39, 0.29) is 5.92 Å². The number of allylic oxidation sites excluding steroid dienone is 2. The molecule has 1 amide bonds. The second-order valence-corrected chi connectivity index (χ2v) is 9.17. The first-order valence-electron chi connectivity index (χ1n) is 11.4. The average Bonchev–Trinajstić information content (AvgIpc) is 2.75. The fourth-order valence-corrected chi connectivity index (χ4v) is 4.75. The number of anilines is 2. The molecular weight excluding hydrogens is 386 g/mol. The van der Waals surface area contributed by atoms with E-state index in [9.17, 15) is 4.79 Å². The molecule has 2 aromatic rings. The van der Waals surface area contributed by atoms with E-state index >= 15 is 0 Å². The molecule has 1 aliphatic heterocycles. The Morgan fingerprint density at radius 2 is 1.71 bits per heavy atom. The van der Waals surface area contributed by atoms with Gasteiger partial charge >= 0.3 is 0 Å². The highest BCUT2D eigenvalue weighted by Gasteiger charge is 2.30. The number of pyridine rings is 1. The third-order valence-electron chi connectivity index (χ3n) is 6.75. The third-order valence-corrected chi connectivity index (χ3v) is 6.75. The van der Waals surface area contributed by atoms with Crippen LogP contribution in [0.4, 0.5) is 11.6 Å². The summed E-state index contributed by atoms with van der Waals surface area (Å²) in [6.07, 6.45) is 6.81. The summed E-state index contributed by atoms with van der Waals surface area (Å²) in [5, 5.41) is 3.24. The molecule has 31 heavy (non-hydrogen) atoms. The quantitative estimate of drug-likeness (QED) is 0.700. The number of amides is 1. The fraction of sp³-hybridized carbons (Fsp3) is 0.520. The molecule has 0 unspecified atom stereocenters. The first-order chi connectivity index (χ1) is 14.9. The summed E-state index contributed by atoms with van der Waals surface area (Å²) in [7, 11) is 0. The van der Waals surface area contributed by atoms with Gasteiger partial charge in [-0.1, -0.05) is 11.1 Å². The molecule has 4 rings (SSSR count). The zero-order valence-corrected chi connectivity index (χ0v) is 19.1. The molecular formula is C25H33N5O. The Morgan fingerprint density at radius 3 is 2.32 bits per heavy atom. The first-order valence-corrected chi connectivity index (χ1v) is 11.4. The molecule has 2 aromatic heterocycles. The number of nitrogens with one attached hydrogen (secondary N) is 1. The normalized spacial score (nSPS) is 20.1. The van der Waals surface area contributed by atoms with E-state index in [1.54, 1.807) is 0 Å². The Bertz CT molecular complexity index is 954. The summed E-state index contributed by atoms with van der Waals surface area (Å²) in [6.45, 7) is 9.97. The lowest BCUT2D eigenvalue weighted by atomic mass is 9.83. The molecule has 1 fully saturated rings. The van der Waals surface area contributed by atoms with Crippen LogP contribution in [-0.2, 0) is 4.79 Å². The number of hydrogen-bond donors (Lipinski definition) is 1. The van der Waals surface area contributed by atoms with Crippen LogP contribution in [0.2, 0.25) is 0 Å². The number of aryl methyl sites for hydroxylation is 2. The second kappa shape index (κ2) is 9.16. The summed E-state index contributed by atoms with van der Waals surface area (Å²) in [6, 6.07) is 6.09. The Hall–Kier alpha value is -2.76. The summed E-state index contributed by atoms with van der Waals surface area (Å²) in [4.78, 5) is 28.6. The van der Waals surface area contributed by atoms with Crippen molar-refractivity contribution in [3.05, 3.63) is 52.6 Å². The van der Waals surface area contributed by atoms with Gasteiger partial charge in [-0.25, -0.2) is 9.97 Å². The van der Waals surface area contributed by atoms with Gasteiger partial charge in [-0.3, -0.25) is 9.78 Å². The zero-order valence-electron chi connectivity index (χ0n) is 19.1. The number of carbonyl (C=O) groups excluding carboxylic acids is 1. The van der Waals surface area contributed by atoms with Gasteiger partial charge in [-0.2, -0.15) is 0 Å². The van der Waals surface area contributed by atoms with Crippen molar-refractivity contribution < 1.29 is 4.79 Å². The maximum absolute atomic E-state index is 13.0. The van der Waals surface area contributed by atoms with Gasteiger partial charge in [0.1, 0.15) is 0 Å². The number of carbonyl (C=O) groups is 1. The van der Waals surface area contributed by atoms with Gasteiger partial charge < -0.3 is 10.2 Å². The van der Waals surface area contributed by atoms with Crippen LogP contribution < -0.4 is 5.32 Å². The lowest BCUT2D eigenvalue weighted by Crippen LogP contribution is -2.42. The van der Waals surface area contributed by atoms with Crippen molar-refractivity contribution in [3.8, 4) is 0 Å². The molecule has 1 N–H and O–H groups in total. The molecule has 0 radical (unpaired) electrons. The van der Waals surface area contributed by atoms with Gasteiger partial charge in [0.15, 0.2) is 0 Å². The van der Waals surface area contributed by atoms with Crippen molar-refractivity contribution in [2.75, 3.05) is 18.4 Å². The van der Waals surface area contributed by atoms with E-state index in [1.807, 2.05) is 32.2 Å². The number of hydrogen-bond acceptors (Lipinski definition) is 5. The van der Waals surface area contributed by atoms with Crippen molar-refractivity contribution in [1.82, 2.24) is 19.9 Å². The summed E-state index contributed by atoms with van der Waals surface area (Å²) in [5.41, 5.74) is 6.74. The highest BCUT2D eigenvalue weighted by Crippen LogP contribution is 2.33. The van der Waals surface area contributed by atoms with Crippen molar-refractivity contribution in [2.45, 2.75) is 65.7 Å². The lowest BCUT2D eigenvalue weighted by Gasteiger charge is -2.35. The number of piperidine rings is 1. The van der Waals surface area contributed by atoms with Crippen LogP contribution in [0.5, 0.6) is 0 Å². The van der Waals surface area contributed by atoms with Crippen molar-refractivity contribution in [1.29, 1.82) is 0 Å². The largest absolute Gasteiger partial charge is 0.342 e. The second-order valence-electron chi connectivity index (χ2n) is 9.17. The minimum Gasteiger partial charge on any atom is -0.342 e. The van der Waals surface area contributed by atoms with Crippen molar-refractivity contribution >= 4 is 17.5 Å². The molecule has 6 heteroatoms. The molecule has 0 aromatic carbocycles. The van der Waals surface area contributed by atoms with Gasteiger partial charge in [-0.15, -0.1) is 0 Å². The molecule has 1 saturated heterocycles. The summed E-state index contributed by atoms with van der Waals surface area (Å²) < 4.78 is 0. The standard InChI is InChI=1S/C25H33N5O/c1-16-5-6-21(13-17(16)2)24(31)30-11-9-20(10-12-30)23-8-7-22(15-26-23)29-25-27-18(3)14-19(4)28-25/h7-8,14-15,20-21H,5-6,9-13H2,1-4H3,(H,27,28,29)/t21-/m1/s1. The van der Waals surface area contributed by atoms with E-state index in [2.05, 4.69) is 40.1 Å². The smallest absolute Gasteiger partial charge is 0.227 e. The maximum Gasteiger partial charge on any atom is 0.227 e. The van der Waals surface area contributed by atoms with Gasteiger partial charge in [0.25, 0.3) is 0 Å². The Labute approximate surface area is 185 Å². The summed E-state index contributed by atoms with van der Waals surface area (Å²) in [5.74, 6) is 1.54. The molecule has 2 aliphatic rings. The molecule has 0 bridgehead atoms. The monoisotopic (exact) mass is 419 g/mol. The van der Waals surface area contributed by atoms with Gasteiger partial charge in [0.2, 0.25) is 11.9 Å². The van der Waals surface area contributed by atoms with Crippen molar-refractivity contribution in [2.24, 2.45) is 5.92 Å². The number of aromatic nitrogens is 3. The zero-order chi connectivity index (χ0) is 22.0. The molecule has 0 spiro atoms. The van der Waals surface area contributed by atoms with Crippen LogP contribution in [0.1, 0.15) is 69.0 Å². The molecule has 1 aliphatic carbocycles. The minimum absolute atomic E-state index is 0.177. The number of likely N-dealkylation sites (tertiary alicyclic amines) is 1. The third kappa shape index (κ3) is 5.12. The van der Waals surface area contributed by atoms with E-state index < -0.39 is 0 Å². The number of rotatable bonds is 4. The predicted molar refractivity (Wildman–Crippen MR) is 123 cm³/mol. The molecule has 164 valence electrons. The summed E-state index contributed by atoms with van der Waals surface area (Å²) >= 11 is 0. The van der Waals surface area contributed by atoms with Crippen LogP contribution in [0.15, 0.2) is 35.5 Å². The Kier molecular flexibility index (Phi) is 6.35. The first kappa shape index (κ1) is 21.5. The molecule has 6 nitrogen and oxygen atoms in total. The average molecular weight is 420 g/mol. The highest BCUT2D eigenvalue weighted by molar-refractivity contribution is 5.79. The van der Waals surface area contributed by atoms with Gasteiger partial charge in [0.05, 0.1) is 11.9 Å². The fourth-order valence-electron chi connectivity index (χ4n) is 4.75. The SMILES string of the molecule is CC1=C(C)C[C@H](C(=O)N2CCC(c3ccc(Nc4nc(C)cc(C)n4)cn3)CC2)CC1. The molecule has 3 heterocycles. The van der Waals surface area contributed by atoms with Crippen LogP contribution in [0.25, 0.3) is 0 Å². The van der Waals surface area contributed by atoms with E-state index in [4.69, 9.17) is 4.98 Å². The lowest BCUT2D eigenvalue weighted by molar-refractivity contribution is -0.137. The Balaban J connectivity index is 1.32. The van der Waals surface area contributed by atoms with Crippen molar-refractivity contribution in [3.63, 3.8) is 0 Å².